The summed E-state index contributed by atoms with van der Waals surface area (Å²) in [4.78, 5) is 17.7. The zero-order valence-corrected chi connectivity index (χ0v) is 11.1. The van der Waals surface area contributed by atoms with Crippen LogP contribution in [0.2, 0.25) is 0 Å². The van der Waals surface area contributed by atoms with Gasteiger partial charge >= 0.3 is 0 Å². The van der Waals surface area contributed by atoms with Gasteiger partial charge in [-0.05, 0) is 19.1 Å². The van der Waals surface area contributed by atoms with Crippen LogP contribution in [0.1, 0.15) is 16.1 Å². The van der Waals surface area contributed by atoms with Gasteiger partial charge in [-0.2, -0.15) is 5.10 Å². The number of rotatable bonds is 4. The first-order valence-electron chi connectivity index (χ1n) is 6.00. The molecule has 0 unspecified atom stereocenters. The molecule has 0 bridgehead atoms. The summed E-state index contributed by atoms with van der Waals surface area (Å²) < 4.78 is 25.7. The van der Waals surface area contributed by atoms with E-state index in [0.29, 0.717) is 17.1 Å². The predicted molar refractivity (Wildman–Crippen MR) is 69.9 cm³/mol. The van der Waals surface area contributed by atoms with Crippen molar-refractivity contribution in [2.75, 3.05) is 11.9 Å². The molecule has 0 saturated heterocycles. The molecule has 2 aromatic heterocycles. The van der Waals surface area contributed by atoms with Gasteiger partial charge in [0.25, 0.3) is 12.3 Å². The van der Waals surface area contributed by atoms with Crippen molar-refractivity contribution in [3.63, 3.8) is 0 Å². The van der Waals surface area contributed by atoms with Crippen LogP contribution in [0.15, 0.2) is 30.6 Å². The molecule has 0 aliphatic rings. The van der Waals surface area contributed by atoms with E-state index in [2.05, 4.69) is 10.1 Å². The number of alkyl halides is 2. The molecule has 0 N–H and O–H groups in total. The number of halogens is 2. The highest BCUT2D eigenvalue weighted by Gasteiger charge is 2.20. The van der Waals surface area contributed by atoms with Crippen molar-refractivity contribution >= 4 is 11.7 Å². The van der Waals surface area contributed by atoms with Crippen LogP contribution in [0.25, 0.3) is 0 Å². The lowest BCUT2D eigenvalue weighted by molar-refractivity contribution is 0.0990. The number of hydrogen-bond donors (Lipinski definition) is 0. The largest absolute Gasteiger partial charge is 0.296 e. The summed E-state index contributed by atoms with van der Waals surface area (Å²) in [7, 11) is 1.58. The highest BCUT2D eigenvalue weighted by Crippen LogP contribution is 2.14. The summed E-state index contributed by atoms with van der Waals surface area (Å²) in [6.07, 6.45) is 0.404. The topological polar surface area (TPSA) is 51.0 Å². The lowest BCUT2D eigenvalue weighted by atomic mass is 10.2. The molecule has 0 radical (unpaired) electrons. The lowest BCUT2D eigenvalue weighted by Gasteiger charge is -2.15. The Kier molecular flexibility index (Phi) is 4.07. The zero-order chi connectivity index (χ0) is 14.7. The van der Waals surface area contributed by atoms with Gasteiger partial charge in [0, 0.05) is 19.4 Å². The first-order chi connectivity index (χ1) is 9.49. The lowest BCUT2D eigenvalue weighted by Crippen LogP contribution is -2.27. The average Bonchev–Trinajstić information content (AvgIpc) is 2.78. The Balaban J connectivity index is 2.23. The second-order valence-electron chi connectivity index (χ2n) is 4.29. The number of carbonyl (C=O) groups excluding carboxylic acids is 1. The van der Waals surface area contributed by atoms with Gasteiger partial charge in [-0.3, -0.25) is 14.4 Å². The fourth-order valence-electron chi connectivity index (χ4n) is 1.80. The van der Waals surface area contributed by atoms with E-state index < -0.39 is 13.0 Å². The van der Waals surface area contributed by atoms with E-state index in [1.165, 1.54) is 11.1 Å². The minimum Gasteiger partial charge on any atom is -0.296 e. The van der Waals surface area contributed by atoms with Crippen molar-refractivity contribution in [3.8, 4) is 0 Å². The Morgan fingerprint density at radius 1 is 1.45 bits per heavy atom. The molecule has 7 heteroatoms. The molecular weight excluding hydrogens is 266 g/mol. The number of hydrogen-bond acceptors (Lipinski definition) is 3. The molecule has 2 aromatic rings. The van der Waals surface area contributed by atoms with E-state index in [1.54, 1.807) is 38.4 Å². The first kappa shape index (κ1) is 14.1. The first-order valence-corrected chi connectivity index (χ1v) is 6.00. The molecule has 0 atom stereocenters. The molecule has 5 nitrogen and oxygen atoms in total. The molecule has 0 spiro atoms. The number of amides is 1. The van der Waals surface area contributed by atoms with E-state index >= 15 is 0 Å². The molecule has 20 heavy (non-hydrogen) atoms. The fraction of sp³-hybridized carbons (Fsp3) is 0.308. The normalized spacial score (nSPS) is 10.8. The van der Waals surface area contributed by atoms with Crippen molar-refractivity contribution in [1.82, 2.24) is 14.8 Å². The van der Waals surface area contributed by atoms with Crippen LogP contribution < -0.4 is 4.90 Å². The molecule has 0 fully saturated rings. The van der Waals surface area contributed by atoms with Gasteiger partial charge in [0.15, 0.2) is 0 Å². The van der Waals surface area contributed by atoms with Crippen LogP contribution >= 0.6 is 0 Å². The number of carbonyl (C=O) groups is 1. The molecular formula is C13H14F2N4O. The van der Waals surface area contributed by atoms with Crippen LogP contribution in [0.5, 0.6) is 0 Å². The van der Waals surface area contributed by atoms with Gasteiger partial charge in [0.05, 0.1) is 11.3 Å². The minimum atomic E-state index is -2.51. The minimum absolute atomic E-state index is 0.291. The van der Waals surface area contributed by atoms with Gasteiger partial charge in [-0.1, -0.05) is 6.07 Å². The van der Waals surface area contributed by atoms with Crippen molar-refractivity contribution < 1.29 is 13.6 Å². The highest BCUT2D eigenvalue weighted by atomic mass is 19.3. The highest BCUT2D eigenvalue weighted by molar-refractivity contribution is 6.05. The summed E-state index contributed by atoms with van der Waals surface area (Å²) in [5.41, 5.74) is 0.706. The monoisotopic (exact) mass is 280 g/mol. The van der Waals surface area contributed by atoms with Crippen LogP contribution in [-0.4, -0.2) is 34.1 Å². The molecule has 106 valence electrons. The number of aromatic nitrogens is 3. The fourth-order valence-corrected chi connectivity index (χ4v) is 1.80. The average molecular weight is 280 g/mol. The Morgan fingerprint density at radius 3 is 2.80 bits per heavy atom. The van der Waals surface area contributed by atoms with Crippen molar-refractivity contribution in [2.45, 2.75) is 19.9 Å². The van der Waals surface area contributed by atoms with Crippen molar-refractivity contribution in [1.29, 1.82) is 0 Å². The third kappa shape index (κ3) is 2.98. The Labute approximate surface area is 114 Å². The van der Waals surface area contributed by atoms with Crippen LogP contribution in [0.3, 0.4) is 0 Å². The second-order valence-corrected chi connectivity index (χ2v) is 4.29. The van der Waals surface area contributed by atoms with Crippen LogP contribution in [0.4, 0.5) is 14.6 Å². The van der Waals surface area contributed by atoms with Gasteiger partial charge in [-0.25, -0.2) is 13.8 Å². The maximum absolute atomic E-state index is 12.3. The quantitative estimate of drug-likeness (QED) is 0.862. The Bertz CT molecular complexity index is 598. The number of aryl methyl sites for hydroxylation is 1. The maximum Gasteiger partial charge on any atom is 0.262 e. The van der Waals surface area contributed by atoms with Crippen LogP contribution in [0, 0.1) is 6.92 Å². The molecule has 0 aliphatic carbocycles. The Hall–Kier alpha value is -2.31. The molecule has 0 aromatic carbocycles. The second kappa shape index (κ2) is 5.77. The zero-order valence-electron chi connectivity index (χ0n) is 11.1. The van der Waals surface area contributed by atoms with E-state index in [4.69, 9.17) is 0 Å². The number of pyridine rings is 1. The van der Waals surface area contributed by atoms with E-state index in [1.807, 2.05) is 0 Å². The summed E-state index contributed by atoms with van der Waals surface area (Å²) in [6.45, 7) is 1.09. The third-order valence-electron chi connectivity index (χ3n) is 2.80. The molecule has 0 saturated carbocycles. The smallest absolute Gasteiger partial charge is 0.262 e. The van der Waals surface area contributed by atoms with E-state index in [-0.39, 0.29) is 5.91 Å². The van der Waals surface area contributed by atoms with Gasteiger partial charge < -0.3 is 0 Å². The van der Waals surface area contributed by atoms with Gasteiger partial charge in [0.1, 0.15) is 12.4 Å². The van der Waals surface area contributed by atoms with Gasteiger partial charge in [-0.15, -0.1) is 0 Å². The molecule has 0 aliphatic heterocycles. The summed E-state index contributed by atoms with van der Waals surface area (Å²) in [5.74, 6) is 0.153. The van der Waals surface area contributed by atoms with Crippen LogP contribution in [-0.2, 0) is 6.54 Å². The molecule has 2 heterocycles. The maximum atomic E-state index is 12.3. The number of anilines is 1. The van der Waals surface area contributed by atoms with Crippen molar-refractivity contribution in [3.05, 3.63) is 41.9 Å². The molecule has 2 rings (SSSR count). The SMILES string of the molecule is Cc1nn(CC(F)F)cc1C(=O)N(C)c1ccccn1. The number of nitrogens with zero attached hydrogens (tertiary/aromatic N) is 4. The van der Waals surface area contributed by atoms with E-state index in [0.717, 1.165) is 4.68 Å². The predicted octanol–water partition coefficient (Wildman–Crippen LogP) is 2.13. The standard InChI is InChI=1S/C13H14F2N4O/c1-9-10(7-19(17-9)8-11(14)15)13(20)18(2)12-5-3-4-6-16-12/h3-7,11H,8H2,1-2H3. The summed E-state index contributed by atoms with van der Waals surface area (Å²) in [6, 6.07) is 5.20. The van der Waals surface area contributed by atoms with E-state index in [9.17, 15) is 13.6 Å². The van der Waals surface area contributed by atoms with Crippen molar-refractivity contribution in [2.24, 2.45) is 0 Å². The van der Waals surface area contributed by atoms with Gasteiger partial charge in [0.2, 0.25) is 0 Å². The Morgan fingerprint density at radius 2 is 2.20 bits per heavy atom. The summed E-state index contributed by atoms with van der Waals surface area (Å²) >= 11 is 0. The summed E-state index contributed by atoms with van der Waals surface area (Å²) in [5, 5.41) is 3.92. The molecule has 1 amide bonds. The third-order valence-corrected chi connectivity index (χ3v) is 2.80.